The number of hydrogen-bond donors (Lipinski definition) is 1. The highest BCUT2D eigenvalue weighted by Crippen LogP contribution is 2.24. The molecular formula is C13H19N3O2. The molecule has 2 heterocycles. The van der Waals surface area contributed by atoms with Crippen LogP contribution in [-0.2, 0) is 4.79 Å². The van der Waals surface area contributed by atoms with E-state index in [1.807, 2.05) is 18.7 Å². The molecule has 0 spiro atoms. The predicted octanol–water partition coefficient (Wildman–Crippen LogP) is 1.93. The Bertz CT molecular complexity index is 448. The Morgan fingerprint density at radius 1 is 1.39 bits per heavy atom. The number of nitrogens with zero attached hydrogens (tertiary/aromatic N) is 3. The monoisotopic (exact) mass is 249 g/mol. The molecule has 0 amide bonds. The minimum Gasteiger partial charge on any atom is -0.480 e. The van der Waals surface area contributed by atoms with Gasteiger partial charge >= 0.3 is 5.97 Å². The van der Waals surface area contributed by atoms with Crippen LogP contribution in [0.1, 0.15) is 37.1 Å². The van der Waals surface area contributed by atoms with Gasteiger partial charge in [-0.25, -0.2) is 9.78 Å². The maximum atomic E-state index is 11.4. The van der Waals surface area contributed by atoms with Gasteiger partial charge in [0.2, 0.25) is 0 Å². The lowest BCUT2D eigenvalue weighted by molar-refractivity contribution is -0.138. The summed E-state index contributed by atoms with van der Waals surface area (Å²) in [4.78, 5) is 22.1. The molecule has 1 aromatic heterocycles. The number of hydrogen-bond acceptors (Lipinski definition) is 4. The maximum Gasteiger partial charge on any atom is 0.326 e. The topological polar surface area (TPSA) is 66.3 Å². The van der Waals surface area contributed by atoms with Gasteiger partial charge in [0.25, 0.3) is 0 Å². The zero-order valence-electron chi connectivity index (χ0n) is 10.9. The Balaban J connectivity index is 2.37. The molecule has 0 aliphatic carbocycles. The Morgan fingerprint density at radius 3 is 2.89 bits per heavy atom. The fraction of sp³-hybridized carbons (Fsp3) is 0.615. The Morgan fingerprint density at radius 2 is 2.17 bits per heavy atom. The van der Waals surface area contributed by atoms with Crippen LogP contribution in [0, 0.1) is 13.8 Å². The third-order valence-corrected chi connectivity index (χ3v) is 3.36. The molecule has 18 heavy (non-hydrogen) atoms. The fourth-order valence-corrected chi connectivity index (χ4v) is 2.42. The van der Waals surface area contributed by atoms with E-state index in [0.717, 1.165) is 43.0 Å². The quantitative estimate of drug-likeness (QED) is 0.867. The first-order chi connectivity index (χ1) is 8.59. The summed E-state index contributed by atoms with van der Waals surface area (Å²) in [5.41, 5.74) is 1.62. The van der Waals surface area contributed by atoms with E-state index in [0.29, 0.717) is 6.42 Å². The van der Waals surface area contributed by atoms with Crippen molar-refractivity contribution in [3.63, 3.8) is 0 Å². The molecule has 0 bridgehead atoms. The van der Waals surface area contributed by atoms with Crippen LogP contribution in [0.5, 0.6) is 0 Å². The highest BCUT2D eigenvalue weighted by Gasteiger charge is 2.29. The van der Waals surface area contributed by atoms with Gasteiger partial charge in [-0.2, -0.15) is 0 Å². The Kier molecular flexibility index (Phi) is 3.79. The molecule has 0 radical (unpaired) electrons. The smallest absolute Gasteiger partial charge is 0.326 e. The standard InChI is InChI=1S/C13H19N3O2/c1-9-8-14-10(2)12(15-9)16-7-5-3-4-6-11(16)13(17)18/h8,11H,3-7H2,1-2H3,(H,17,18). The minimum absolute atomic E-state index is 0.470. The van der Waals surface area contributed by atoms with Crippen molar-refractivity contribution in [2.45, 2.75) is 45.6 Å². The summed E-state index contributed by atoms with van der Waals surface area (Å²) in [6.45, 7) is 4.51. The van der Waals surface area contributed by atoms with Crippen molar-refractivity contribution in [2.75, 3.05) is 11.4 Å². The molecule has 1 N–H and O–H groups in total. The van der Waals surface area contributed by atoms with Crippen molar-refractivity contribution in [3.05, 3.63) is 17.6 Å². The molecule has 1 fully saturated rings. The van der Waals surface area contributed by atoms with E-state index in [2.05, 4.69) is 9.97 Å². The summed E-state index contributed by atoms with van der Waals surface area (Å²) in [7, 11) is 0. The van der Waals surface area contributed by atoms with E-state index in [-0.39, 0.29) is 0 Å². The highest BCUT2D eigenvalue weighted by atomic mass is 16.4. The number of rotatable bonds is 2. The Hall–Kier alpha value is -1.65. The van der Waals surface area contributed by atoms with E-state index in [9.17, 15) is 9.90 Å². The zero-order chi connectivity index (χ0) is 13.1. The number of aryl methyl sites for hydroxylation is 2. The first kappa shape index (κ1) is 12.8. The van der Waals surface area contributed by atoms with Crippen LogP contribution in [0.25, 0.3) is 0 Å². The van der Waals surface area contributed by atoms with E-state index in [1.54, 1.807) is 6.20 Å². The van der Waals surface area contributed by atoms with Crippen LogP contribution in [-0.4, -0.2) is 33.6 Å². The molecule has 1 saturated heterocycles. The van der Waals surface area contributed by atoms with Crippen LogP contribution in [0.4, 0.5) is 5.82 Å². The number of carboxylic acids is 1. The molecule has 1 aliphatic rings. The lowest BCUT2D eigenvalue weighted by Gasteiger charge is -2.29. The van der Waals surface area contributed by atoms with Crippen LogP contribution in [0.3, 0.4) is 0 Å². The second-order valence-electron chi connectivity index (χ2n) is 4.82. The SMILES string of the molecule is Cc1cnc(C)c(N2CCCCCC2C(=O)O)n1. The molecule has 2 rings (SSSR count). The number of anilines is 1. The van der Waals surface area contributed by atoms with Gasteiger partial charge < -0.3 is 10.0 Å². The molecule has 5 heteroatoms. The minimum atomic E-state index is -0.764. The lowest BCUT2D eigenvalue weighted by Crippen LogP contribution is -2.42. The molecule has 0 saturated carbocycles. The van der Waals surface area contributed by atoms with Crippen LogP contribution >= 0.6 is 0 Å². The molecule has 1 unspecified atom stereocenters. The maximum absolute atomic E-state index is 11.4. The summed E-state index contributed by atoms with van der Waals surface area (Å²) >= 11 is 0. The van der Waals surface area contributed by atoms with Gasteiger partial charge in [-0.05, 0) is 26.7 Å². The van der Waals surface area contributed by atoms with E-state index in [1.165, 1.54) is 0 Å². The van der Waals surface area contributed by atoms with Crippen molar-refractivity contribution < 1.29 is 9.90 Å². The van der Waals surface area contributed by atoms with Crippen molar-refractivity contribution in [3.8, 4) is 0 Å². The molecule has 98 valence electrons. The summed E-state index contributed by atoms with van der Waals surface area (Å²) in [6, 6.07) is -0.470. The summed E-state index contributed by atoms with van der Waals surface area (Å²) < 4.78 is 0. The number of aliphatic carboxylic acids is 1. The molecule has 1 atom stereocenters. The average molecular weight is 249 g/mol. The number of aromatic nitrogens is 2. The van der Waals surface area contributed by atoms with E-state index >= 15 is 0 Å². The first-order valence-corrected chi connectivity index (χ1v) is 6.39. The van der Waals surface area contributed by atoms with Gasteiger partial charge in [0, 0.05) is 12.7 Å². The zero-order valence-corrected chi connectivity index (χ0v) is 10.9. The Labute approximate surface area is 107 Å². The van der Waals surface area contributed by atoms with Crippen LogP contribution in [0.2, 0.25) is 0 Å². The van der Waals surface area contributed by atoms with Gasteiger partial charge in [-0.15, -0.1) is 0 Å². The molecule has 0 aromatic carbocycles. The van der Waals surface area contributed by atoms with Crippen LogP contribution < -0.4 is 4.90 Å². The second kappa shape index (κ2) is 5.33. The average Bonchev–Trinajstić information content (AvgIpc) is 2.57. The lowest BCUT2D eigenvalue weighted by atomic mass is 10.1. The third-order valence-electron chi connectivity index (χ3n) is 3.36. The molecule has 1 aromatic rings. The highest BCUT2D eigenvalue weighted by molar-refractivity contribution is 5.78. The fourth-order valence-electron chi connectivity index (χ4n) is 2.42. The van der Waals surface area contributed by atoms with E-state index < -0.39 is 12.0 Å². The summed E-state index contributed by atoms with van der Waals surface area (Å²) in [5.74, 6) is -0.0380. The van der Waals surface area contributed by atoms with Gasteiger partial charge in [0.05, 0.1) is 11.4 Å². The molecule has 5 nitrogen and oxygen atoms in total. The first-order valence-electron chi connectivity index (χ1n) is 6.39. The predicted molar refractivity (Wildman–Crippen MR) is 68.7 cm³/mol. The van der Waals surface area contributed by atoms with Crippen LogP contribution in [0.15, 0.2) is 6.20 Å². The van der Waals surface area contributed by atoms with Crippen molar-refractivity contribution >= 4 is 11.8 Å². The van der Waals surface area contributed by atoms with Crippen molar-refractivity contribution in [1.29, 1.82) is 0 Å². The molecule has 1 aliphatic heterocycles. The van der Waals surface area contributed by atoms with Crippen molar-refractivity contribution in [2.24, 2.45) is 0 Å². The van der Waals surface area contributed by atoms with Gasteiger partial charge in [-0.1, -0.05) is 12.8 Å². The number of carbonyl (C=O) groups is 1. The molecular weight excluding hydrogens is 230 g/mol. The third kappa shape index (κ3) is 2.60. The van der Waals surface area contributed by atoms with Crippen molar-refractivity contribution in [1.82, 2.24) is 9.97 Å². The summed E-state index contributed by atoms with van der Waals surface area (Å²) in [5, 5.41) is 9.37. The van der Waals surface area contributed by atoms with Gasteiger partial charge in [0.15, 0.2) is 5.82 Å². The number of carboxylic acid groups (broad SMARTS) is 1. The van der Waals surface area contributed by atoms with Gasteiger partial charge in [0.1, 0.15) is 6.04 Å². The normalized spacial score (nSPS) is 20.6. The largest absolute Gasteiger partial charge is 0.480 e. The summed E-state index contributed by atoms with van der Waals surface area (Å²) in [6.07, 6.45) is 5.46. The second-order valence-corrected chi connectivity index (χ2v) is 4.82. The van der Waals surface area contributed by atoms with E-state index in [4.69, 9.17) is 0 Å². The van der Waals surface area contributed by atoms with Gasteiger partial charge in [-0.3, -0.25) is 4.98 Å².